The molecular weight excluding hydrogens is 337 g/mol. The Labute approximate surface area is 151 Å². The van der Waals surface area contributed by atoms with Gasteiger partial charge in [-0.05, 0) is 59.7 Å². The molecule has 1 heterocycles. The summed E-state index contributed by atoms with van der Waals surface area (Å²) in [6.45, 7) is 2.06. The SMILES string of the molecule is C[C@H]1CC2=C(Cc3ccccc32)[C@H](c2ccc(F)cc2)N1C(=O)CCl. The van der Waals surface area contributed by atoms with Crippen LogP contribution in [0.5, 0.6) is 0 Å². The molecular formula is C21H19ClFNO. The minimum atomic E-state index is -0.272. The first-order valence-electron chi connectivity index (χ1n) is 8.53. The average Bonchev–Trinajstić information content (AvgIpc) is 2.99. The number of carbonyl (C=O) groups excluding carboxylic acids is 1. The second-order valence-electron chi connectivity index (χ2n) is 6.78. The van der Waals surface area contributed by atoms with Gasteiger partial charge in [0, 0.05) is 6.04 Å². The van der Waals surface area contributed by atoms with Crippen LogP contribution in [0.2, 0.25) is 0 Å². The molecule has 2 atom stereocenters. The molecule has 1 aliphatic heterocycles. The molecule has 0 radical (unpaired) electrons. The van der Waals surface area contributed by atoms with Crippen molar-refractivity contribution in [2.75, 3.05) is 5.88 Å². The quantitative estimate of drug-likeness (QED) is 0.713. The molecule has 0 aromatic heterocycles. The Morgan fingerprint density at radius 3 is 2.64 bits per heavy atom. The highest BCUT2D eigenvalue weighted by atomic mass is 35.5. The highest BCUT2D eigenvalue weighted by molar-refractivity contribution is 6.27. The van der Waals surface area contributed by atoms with Gasteiger partial charge in [0.2, 0.25) is 5.91 Å². The molecule has 25 heavy (non-hydrogen) atoms. The number of nitrogens with zero attached hydrogens (tertiary/aromatic N) is 1. The summed E-state index contributed by atoms with van der Waals surface area (Å²) >= 11 is 5.89. The van der Waals surface area contributed by atoms with Crippen LogP contribution in [0, 0.1) is 5.82 Å². The van der Waals surface area contributed by atoms with Gasteiger partial charge in [0.25, 0.3) is 0 Å². The van der Waals surface area contributed by atoms with Crippen LogP contribution in [0.15, 0.2) is 54.1 Å². The lowest BCUT2D eigenvalue weighted by Gasteiger charge is -2.42. The second kappa shape index (κ2) is 6.30. The van der Waals surface area contributed by atoms with E-state index in [2.05, 4.69) is 31.2 Å². The molecule has 0 bridgehead atoms. The Morgan fingerprint density at radius 2 is 1.92 bits per heavy atom. The lowest BCUT2D eigenvalue weighted by molar-refractivity contribution is -0.132. The zero-order valence-corrected chi connectivity index (χ0v) is 14.8. The van der Waals surface area contributed by atoms with Crippen LogP contribution >= 0.6 is 11.6 Å². The first-order chi connectivity index (χ1) is 12.1. The van der Waals surface area contributed by atoms with E-state index in [4.69, 9.17) is 11.6 Å². The fourth-order valence-corrected chi connectivity index (χ4v) is 4.38. The largest absolute Gasteiger partial charge is 0.328 e. The van der Waals surface area contributed by atoms with Crippen molar-refractivity contribution < 1.29 is 9.18 Å². The number of rotatable bonds is 2. The summed E-state index contributed by atoms with van der Waals surface area (Å²) in [5.41, 5.74) is 6.09. The third-order valence-electron chi connectivity index (χ3n) is 5.28. The van der Waals surface area contributed by atoms with Crippen LogP contribution in [0.1, 0.15) is 36.1 Å². The van der Waals surface area contributed by atoms with Gasteiger partial charge in [0.05, 0.1) is 6.04 Å². The molecule has 2 nitrogen and oxygen atoms in total. The molecule has 0 saturated heterocycles. The van der Waals surface area contributed by atoms with E-state index in [9.17, 15) is 9.18 Å². The van der Waals surface area contributed by atoms with E-state index in [-0.39, 0.29) is 29.7 Å². The topological polar surface area (TPSA) is 20.3 Å². The number of benzene rings is 2. The van der Waals surface area contributed by atoms with Crippen molar-refractivity contribution in [3.63, 3.8) is 0 Å². The zero-order chi connectivity index (χ0) is 17.6. The van der Waals surface area contributed by atoms with Crippen LogP contribution in [-0.4, -0.2) is 22.7 Å². The van der Waals surface area contributed by atoms with Crippen LogP contribution < -0.4 is 0 Å². The first-order valence-corrected chi connectivity index (χ1v) is 9.06. The third kappa shape index (κ3) is 2.67. The molecule has 1 amide bonds. The van der Waals surface area contributed by atoms with E-state index in [0.717, 1.165) is 18.4 Å². The first kappa shape index (κ1) is 16.3. The van der Waals surface area contributed by atoms with E-state index < -0.39 is 0 Å². The fraction of sp³-hybridized carbons (Fsp3) is 0.286. The van der Waals surface area contributed by atoms with Crippen molar-refractivity contribution in [2.45, 2.75) is 31.8 Å². The van der Waals surface area contributed by atoms with E-state index in [1.54, 1.807) is 12.1 Å². The standard InChI is InChI=1S/C21H19ClFNO/c1-13-10-18-17-5-3-2-4-15(17)11-19(18)21(24(13)20(25)12-22)14-6-8-16(23)9-7-14/h2-9,13,21H,10-12H2,1H3/t13-,21-/m0/s1. The van der Waals surface area contributed by atoms with E-state index in [1.165, 1.54) is 34.4 Å². The Morgan fingerprint density at radius 1 is 1.20 bits per heavy atom. The van der Waals surface area contributed by atoms with E-state index in [0.29, 0.717) is 0 Å². The van der Waals surface area contributed by atoms with Crippen LogP contribution in [0.25, 0.3) is 5.57 Å². The van der Waals surface area contributed by atoms with Gasteiger partial charge in [0.1, 0.15) is 11.7 Å². The maximum atomic E-state index is 13.4. The van der Waals surface area contributed by atoms with Gasteiger partial charge in [-0.25, -0.2) is 4.39 Å². The molecule has 2 aromatic carbocycles. The molecule has 0 fully saturated rings. The number of amides is 1. The van der Waals surface area contributed by atoms with Crippen molar-refractivity contribution in [3.8, 4) is 0 Å². The van der Waals surface area contributed by atoms with E-state index in [1.807, 2.05) is 4.90 Å². The van der Waals surface area contributed by atoms with Gasteiger partial charge in [0.15, 0.2) is 0 Å². The molecule has 0 saturated carbocycles. The van der Waals surface area contributed by atoms with Crippen LogP contribution in [0.4, 0.5) is 4.39 Å². The lowest BCUT2D eigenvalue weighted by Crippen LogP contribution is -2.45. The number of alkyl halides is 1. The average molecular weight is 356 g/mol. The van der Waals surface area contributed by atoms with Gasteiger partial charge >= 0.3 is 0 Å². The second-order valence-corrected chi connectivity index (χ2v) is 7.05. The maximum Gasteiger partial charge on any atom is 0.238 e. The summed E-state index contributed by atoms with van der Waals surface area (Å²) in [5.74, 6) is -0.393. The number of hydrogen-bond acceptors (Lipinski definition) is 1. The van der Waals surface area contributed by atoms with Gasteiger partial charge in [-0.2, -0.15) is 0 Å². The minimum absolute atomic E-state index is 0.0441. The number of carbonyl (C=O) groups is 1. The van der Waals surface area contributed by atoms with Gasteiger partial charge in [-0.3, -0.25) is 4.79 Å². The zero-order valence-electron chi connectivity index (χ0n) is 14.0. The van der Waals surface area contributed by atoms with E-state index >= 15 is 0 Å². The van der Waals surface area contributed by atoms with Gasteiger partial charge < -0.3 is 4.90 Å². The molecule has 4 heteroatoms. The van der Waals surface area contributed by atoms with Gasteiger partial charge in [-0.1, -0.05) is 36.4 Å². The highest BCUT2D eigenvalue weighted by Crippen LogP contribution is 2.48. The maximum absolute atomic E-state index is 13.4. The summed E-state index contributed by atoms with van der Waals surface area (Å²) in [6.07, 6.45) is 1.65. The normalized spacial score (nSPS) is 22.0. The summed E-state index contributed by atoms with van der Waals surface area (Å²) < 4.78 is 13.4. The predicted octanol–water partition coefficient (Wildman–Crippen LogP) is 4.74. The highest BCUT2D eigenvalue weighted by Gasteiger charge is 2.40. The molecule has 0 N–H and O–H groups in total. The van der Waals surface area contributed by atoms with Crippen molar-refractivity contribution in [1.29, 1.82) is 0 Å². The summed E-state index contributed by atoms with van der Waals surface area (Å²) in [5, 5.41) is 0. The Bertz CT molecular complexity index is 858. The molecule has 1 aliphatic carbocycles. The smallest absolute Gasteiger partial charge is 0.238 e. The molecule has 0 spiro atoms. The monoisotopic (exact) mass is 355 g/mol. The predicted molar refractivity (Wildman–Crippen MR) is 97.9 cm³/mol. The van der Waals surface area contributed by atoms with Crippen molar-refractivity contribution in [1.82, 2.24) is 4.90 Å². The molecule has 0 unspecified atom stereocenters. The Kier molecular flexibility index (Phi) is 4.12. The van der Waals surface area contributed by atoms with Crippen LogP contribution in [0.3, 0.4) is 0 Å². The van der Waals surface area contributed by atoms with Crippen molar-refractivity contribution in [3.05, 3.63) is 76.6 Å². The summed E-state index contributed by atoms with van der Waals surface area (Å²) in [4.78, 5) is 14.5. The number of fused-ring (bicyclic) bond motifs is 2. The number of halogens is 2. The third-order valence-corrected chi connectivity index (χ3v) is 5.51. The Hall–Kier alpha value is -2.13. The van der Waals surface area contributed by atoms with Crippen LogP contribution in [-0.2, 0) is 11.2 Å². The minimum Gasteiger partial charge on any atom is -0.328 e. The Balaban J connectivity index is 1.86. The van der Waals surface area contributed by atoms with Crippen molar-refractivity contribution in [2.24, 2.45) is 0 Å². The molecule has 2 aliphatic rings. The summed E-state index contributed by atoms with van der Waals surface area (Å²) in [7, 11) is 0. The van der Waals surface area contributed by atoms with Crippen molar-refractivity contribution >= 4 is 23.1 Å². The van der Waals surface area contributed by atoms with Gasteiger partial charge in [-0.15, -0.1) is 11.6 Å². The molecule has 4 rings (SSSR count). The summed E-state index contributed by atoms with van der Waals surface area (Å²) in [6, 6.07) is 14.8. The lowest BCUT2D eigenvalue weighted by atomic mass is 9.85. The molecule has 128 valence electrons. The molecule has 2 aromatic rings. The fourth-order valence-electron chi connectivity index (χ4n) is 4.24. The number of hydrogen-bond donors (Lipinski definition) is 0.